The lowest BCUT2D eigenvalue weighted by Crippen LogP contribution is -2.53. The third-order valence-corrected chi connectivity index (χ3v) is 5.97. The number of piperidine rings is 1. The first-order valence-corrected chi connectivity index (χ1v) is 8.21. The summed E-state index contributed by atoms with van der Waals surface area (Å²) in [6.45, 7) is 5.52. The highest BCUT2D eigenvalue weighted by Gasteiger charge is 2.39. The Morgan fingerprint density at radius 1 is 1.27 bits per heavy atom. The molecular weight excluding hydrogens is 334 g/mol. The molecule has 0 radical (unpaired) electrons. The number of nitrogens with zero attached hydrogens (tertiary/aromatic N) is 1. The molecule has 8 heteroatoms. The molecule has 126 valence electrons. The maximum absolute atomic E-state index is 14.0. The van der Waals surface area contributed by atoms with Crippen LogP contribution in [0.25, 0.3) is 0 Å². The van der Waals surface area contributed by atoms with Crippen LogP contribution in [-0.2, 0) is 10.0 Å². The zero-order chi connectivity index (χ0) is 16.0. The third-order valence-electron chi connectivity index (χ3n) is 4.11. The van der Waals surface area contributed by atoms with Gasteiger partial charge in [0.2, 0.25) is 10.0 Å². The maximum Gasteiger partial charge on any atom is 0.246 e. The van der Waals surface area contributed by atoms with E-state index in [1.807, 2.05) is 13.8 Å². The Hall–Kier alpha value is -0.760. The smallest absolute Gasteiger partial charge is 0.246 e. The predicted molar refractivity (Wildman–Crippen MR) is 83.5 cm³/mol. The summed E-state index contributed by atoms with van der Waals surface area (Å²) in [6.07, 6.45) is 0.488. The molecule has 0 amide bonds. The molecule has 1 unspecified atom stereocenters. The van der Waals surface area contributed by atoms with Crippen molar-refractivity contribution in [1.29, 1.82) is 0 Å². The zero-order valence-corrected chi connectivity index (χ0v) is 14.4. The van der Waals surface area contributed by atoms with Gasteiger partial charge in [0.15, 0.2) is 0 Å². The number of halogens is 3. The van der Waals surface area contributed by atoms with Crippen molar-refractivity contribution in [2.45, 2.75) is 38.1 Å². The van der Waals surface area contributed by atoms with Crippen molar-refractivity contribution >= 4 is 22.4 Å². The van der Waals surface area contributed by atoms with Gasteiger partial charge in [-0.2, -0.15) is 4.31 Å². The van der Waals surface area contributed by atoms with Gasteiger partial charge in [-0.15, -0.1) is 12.4 Å². The number of benzene rings is 1. The van der Waals surface area contributed by atoms with Crippen molar-refractivity contribution < 1.29 is 17.2 Å². The highest BCUT2D eigenvalue weighted by molar-refractivity contribution is 7.89. The molecular formula is C14H21ClF2N2O2S. The molecule has 0 aliphatic carbocycles. The van der Waals surface area contributed by atoms with Crippen LogP contribution >= 0.6 is 12.4 Å². The number of aryl methyl sites for hydroxylation is 1. The summed E-state index contributed by atoms with van der Waals surface area (Å²) in [4.78, 5) is -0.614. The number of hydrogen-bond acceptors (Lipinski definition) is 3. The van der Waals surface area contributed by atoms with Crippen LogP contribution in [0.5, 0.6) is 0 Å². The summed E-state index contributed by atoms with van der Waals surface area (Å²) < 4.78 is 53.8. The summed E-state index contributed by atoms with van der Waals surface area (Å²) in [5.41, 5.74) is 5.64. The Kier molecular flexibility index (Phi) is 5.60. The van der Waals surface area contributed by atoms with Gasteiger partial charge in [-0.25, -0.2) is 17.2 Å². The molecule has 0 spiro atoms. The van der Waals surface area contributed by atoms with Crippen LogP contribution in [0.4, 0.5) is 8.78 Å². The largest absolute Gasteiger partial charge is 0.327 e. The Balaban J connectivity index is 0.00000242. The predicted octanol–water partition coefficient (Wildman–Crippen LogP) is 2.44. The number of sulfonamides is 1. The van der Waals surface area contributed by atoms with Crippen LogP contribution in [0.2, 0.25) is 0 Å². The molecule has 1 heterocycles. The fraction of sp³-hybridized carbons (Fsp3) is 0.571. The van der Waals surface area contributed by atoms with E-state index in [0.29, 0.717) is 6.42 Å². The van der Waals surface area contributed by atoms with Gasteiger partial charge in [0.05, 0.1) is 0 Å². The molecule has 0 bridgehead atoms. The zero-order valence-electron chi connectivity index (χ0n) is 12.8. The molecule has 2 N–H and O–H groups in total. The van der Waals surface area contributed by atoms with Gasteiger partial charge in [-0.1, -0.05) is 13.8 Å². The van der Waals surface area contributed by atoms with Gasteiger partial charge in [0.25, 0.3) is 0 Å². The maximum atomic E-state index is 14.0. The van der Waals surface area contributed by atoms with Crippen molar-refractivity contribution in [3.63, 3.8) is 0 Å². The number of hydrogen-bond donors (Lipinski definition) is 1. The van der Waals surface area contributed by atoms with Crippen molar-refractivity contribution in [3.8, 4) is 0 Å². The van der Waals surface area contributed by atoms with Crippen LogP contribution in [0.15, 0.2) is 17.0 Å². The van der Waals surface area contributed by atoms with Crippen molar-refractivity contribution in [2.75, 3.05) is 13.1 Å². The average molecular weight is 355 g/mol. The monoisotopic (exact) mass is 354 g/mol. The summed E-state index contributed by atoms with van der Waals surface area (Å²) in [5, 5.41) is 0. The molecule has 1 aromatic rings. The molecule has 0 saturated carbocycles. The van der Waals surface area contributed by atoms with Gasteiger partial charge in [-0.05, 0) is 36.5 Å². The highest BCUT2D eigenvalue weighted by Crippen LogP contribution is 2.32. The molecule has 22 heavy (non-hydrogen) atoms. The summed E-state index contributed by atoms with van der Waals surface area (Å²) in [7, 11) is -4.06. The van der Waals surface area contributed by atoms with E-state index < -0.39 is 32.0 Å². The molecule has 1 aliphatic heterocycles. The van der Waals surface area contributed by atoms with Crippen LogP contribution < -0.4 is 5.73 Å². The fourth-order valence-corrected chi connectivity index (χ4v) is 4.18. The molecule has 1 saturated heterocycles. The molecule has 1 aliphatic rings. The lowest BCUT2D eigenvalue weighted by Gasteiger charge is -2.41. The average Bonchev–Trinajstić information content (AvgIpc) is 2.36. The van der Waals surface area contributed by atoms with E-state index in [9.17, 15) is 17.2 Å². The molecule has 1 aromatic carbocycles. The Morgan fingerprint density at radius 2 is 1.86 bits per heavy atom. The first-order valence-electron chi connectivity index (χ1n) is 6.77. The second kappa shape index (κ2) is 6.39. The van der Waals surface area contributed by atoms with Crippen LogP contribution in [-0.4, -0.2) is 31.9 Å². The van der Waals surface area contributed by atoms with E-state index in [1.54, 1.807) is 0 Å². The summed E-state index contributed by atoms with van der Waals surface area (Å²) >= 11 is 0. The first kappa shape index (κ1) is 19.3. The number of nitrogens with two attached hydrogens (primary N) is 1. The van der Waals surface area contributed by atoms with E-state index in [1.165, 1.54) is 11.2 Å². The van der Waals surface area contributed by atoms with Crippen molar-refractivity contribution in [2.24, 2.45) is 11.1 Å². The highest BCUT2D eigenvalue weighted by atomic mass is 35.5. The Bertz CT molecular complexity index is 665. The Labute approximate surface area is 136 Å². The quantitative estimate of drug-likeness (QED) is 0.887. The van der Waals surface area contributed by atoms with E-state index in [2.05, 4.69) is 0 Å². The molecule has 1 atom stereocenters. The lowest BCUT2D eigenvalue weighted by atomic mass is 9.81. The number of rotatable bonds is 2. The van der Waals surface area contributed by atoms with E-state index in [0.717, 1.165) is 12.1 Å². The van der Waals surface area contributed by atoms with E-state index in [4.69, 9.17) is 5.73 Å². The molecule has 4 nitrogen and oxygen atoms in total. The normalized spacial score (nSPS) is 22.2. The molecule has 2 rings (SSSR count). The van der Waals surface area contributed by atoms with E-state index >= 15 is 0 Å². The minimum Gasteiger partial charge on any atom is -0.327 e. The van der Waals surface area contributed by atoms with Crippen LogP contribution in [0.3, 0.4) is 0 Å². The lowest BCUT2D eigenvalue weighted by molar-refractivity contribution is 0.155. The van der Waals surface area contributed by atoms with Gasteiger partial charge in [0.1, 0.15) is 16.5 Å². The first-order chi connectivity index (χ1) is 9.55. The second-order valence-electron chi connectivity index (χ2n) is 6.25. The minimum absolute atomic E-state index is 0. The summed E-state index contributed by atoms with van der Waals surface area (Å²) in [6, 6.07) is 1.54. The van der Waals surface area contributed by atoms with Crippen molar-refractivity contribution in [3.05, 3.63) is 29.3 Å². The standard InChI is InChI=1S/C14H20F2N2O2S.ClH/c1-9-6-11(16)12(7-10(9)15)21(19,20)18-5-4-13(17)14(2,3)8-18;/h6-7,13H,4-5,8,17H2,1-3H3;1H. The fourth-order valence-electron chi connectivity index (χ4n) is 2.49. The van der Waals surface area contributed by atoms with Crippen molar-refractivity contribution in [1.82, 2.24) is 4.31 Å². The Morgan fingerprint density at radius 3 is 2.41 bits per heavy atom. The molecule has 1 fully saturated rings. The van der Waals surface area contributed by atoms with Gasteiger partial charge in [-0.3, -0.25) is 0 Å². The van der Waals surface area contributed by atoms with E-state index in [-0.39, 0.29) is 37.1 Å². The summed E-state index contributed by atoms with van der Waals surface area (Å²) in [5.74, 6) is -1.66. The topological polar surface area (TPSA) is 63.4 Å². The third kappa shape index (κ3) is 3.42. The second-order valence-corrected chi connectivity index (χ2v) is 8.16. The van der Waals surface area contributed by atoms with Crippen LogP contribution in [0, 0.1) is 24.0 Å². The molecule has 0 aromatic heterocycles. The van der Waals surface area contributed by atoms with Gasteiger partial charge >= 0.3 is 0 Å². The van der Waals surface area contributed by atoms with Crippen LogP contribution in [0.1, 0.15) is 25.8 Å². The SMILES string of the molecule is Cc1cc(F)c(S(=O)(=O)N2CCC(N)C(C)(C)C2)cc1F.Cl. The van der Waals surface area contributed by atoms with Gasteiger partial charge < -0.3 is 5.73 Å². The van der Waals surface area contributed by atoms with Gasteiger partial charge in [0, 0.05) is 19.1 Å². The minimum atomic E-state index is -4.06.